The Morgan fingerprint density at radius 1 is 1.42 bits per heavy atom. The van der Waals surface area contributed by atoms with Gasteiger partial charge in [0, 0.05) is 16.7 Å². The van der Waals surface area contributed by atoms with Crippen molar-refractivity contribution >= 4 is 19.7 Å². The third kappa shape index (κ3) is 1.86. The summed E-state index contributed by atoms with van der Waals surface area (Å²) in [5, 5.41) is 8.73. The van der Waals surface area contributed by atoms with Crippen LogP contribution in [0.25, 0.3) is 0 Å². The molecule has 0 radical (unpaired) electrons. The lowest BCUT2D eigenvalue weighted by Gasteiger charge is -1.97. The number of hydrogen-bond acceptors (Lipinski definition) is 3. The topological polar surface area (TPSA) is 54.4 Å². The Kier molecular flexibility index (Phi) is 2.25. The highest BCUT2D eigenvalue weighted by molar-refractivity contribution is 8.13. The van der Waals surface area contributed by atoms with Crippen LogP contribution in [0.5, 0.6) is 5.75 Å². The number of rotatable bonds is 1. The predicted molar refractivity (Wildman–Crippen MR) is 41.1 cm³/mol. The van der Waals surface area contributed by atoms with Gasteiger partial charge in [-0.3, -0.25) is 0 Å². The first kappa shape index (κ1) is 9.28. The highest BCUT2D eigenvalue weighted by Crippen LogP contribution is 2.22. The largest absolute Gasteiger partial charge is 0.508 e. The molecule has 0 atom stereocenters. The van der Waals surface area contributed by atoms with Crippen LogP contribution < -0.4 is 0 Å². The fourth-order valence-corrected chi connectivity index (χ4v) is 1.59. The van der Waals surface area contributed by atoms with E-state index in [-0.39, 0.29) is 5.75 Å². The van der Waals surface area contributed by atoms with E-state index in [1.54, 1.807) is 0 Å². The lowest BCUT2D eigenvalue weighted by atomic mass is 10.3. The third-order valence-corrected chi connectivity index (χ3v) is 2.53. The smallest absolute Gasteiger partial charge is 0.264 e. The van der Waals surface area contributed by atoms with Crippen molar-refractivity contribution in [3.05, 3.63) is 24.0 Å². The van der Waals surface area contributed by atoms with Crippen LogP contribution in [0.2, 0.25) is 0 Å². The summed E-state index contributed by atoms with van der Waals surface area (Å²) in [7, 11) is 0.803. The first-order valence-electron chi connectivity index (χ1n) is 2.84. The minimum atomic E-state index is -4.06. The monoisotopic (exact) mass is 210 g/mol. The number of aromatic hydroxyl groups is 1. The predicted octanol–water partition coefficient (Wildman–Crippen LogP) is 1.46. The van der Waals surface area contributed by atoms with Crippen molar-refractivity contribution in [2.75, 3.05) is 0 Å². The van der Waals surface area contributed by atoms with Crippen LogP contribution in [0, 0.1) is 5.82 Å². The van der Waals surface area contributed by atoms with Gasteiger partial charge >= 0.3 is 0 Å². The van der Waals surface area contributed by atoms with Gasteiger partial charge in [0.05, 0.1) is 0 Å². The summed E-state index contributed by atoms with van der Waals surface area (Å²) in [6, 6.07) is 2.61. The van der Waals surface area contributed by atoms with Crippen molar-refractivity contribution in [3.8, 4) is 5.75 Å². The fraction of sp³-hybridized carbons (Fsp3) is 0. The summed E-state index contributed by atoms with van der Waals surface area (Å²) in [6.07, 6.45) is 0. The molecule has 0 bridgehead atoms. The molecule has 3 nitrogen and oxygen atoms in total. The molecular formula is C6H4ClFO3S. The van der Waals surface area contributed by atoms with Gasteiger partial charge < -0.3 is 5.11 Å². The van der Waals surface area contributed by atoms with Gasteiger partial charge in [-0.25, -0.2) is 12.8 Å². The van der Waals surface area contributed by atoms with Gasteiger partial charge in [-0.15, -0.1) is 0 Å². The Balaban J connectivity index is 3.39. The van der Waals surface area contributed by atoms with Crippen molar-refractivity contribution in [1.82, 2.24) is 0 Å². The first-order chi connectivity index (χ1) is 5.41. The Labute approximate surface area is 72.8 Å². The molecule has 0 amide bonds. The molecule has 12 heavy (non-hydrogen) atoms. The molecule has 0 saturated heterocycles. The SMILES string of the molecule is O=S(=O)(Cl)c1ccc(O)cc1F. The quantitative estimate of drug-likeness (QED) is 0.714. The maximum atomic E-state index is 12.7. The second-order valence-electron chi connectivity index (χ2n) is 2.05. The van der Waals surface area contributed by atoms with E-state index in [4.69, 9.17) is 15.8 Å². The summed E-state index contributed by atoms with van der Waals surface area (Å²) in [6.45, 7) is 0. The number of phenols is 1. The summed E-state index contributed by atoms with van der Waals surface area (Å²) in [5.41, 5.74) is 0. The van der Waals surface area contributed by atoms with E-state index in [9.17, 15) is 12.8 Å². The minimum absolute atomic E-state index is 0.350. The molecule has 0 heterocycles. The molecule has 1 rings (SSSR count). The molecule has 1 N–H and O–H groups in total. The Hall–Kier alpha value is -0.810. The van der Waals surface area contributed by atoms with E-state index >= 15 is 0 Å². The lowest BCUT2D eigenvalue weighted by molar-refractivity contribution is 0.466. The molecule has 6 heteroatoms. The van der Waals surface area contributed by atoms with Crippen molar-refractivity contribution in [2.24, 2.45) is 0 Å². The third-order valence-electron chi connectivity index (χ3n) is 1.18. The Morgan fingerprint density at radius 3 is 2.42 bits per heavy atom. The number of phenolic OH excluding ortho intramolecular Hbond substituents is 1. The second kappa shape index (κ2) is 2.91. The second-order valence-corrected chi connectivity index (χ2v) is 4.59. The summed E-state index contributed by atoms with van der Waals surface area (Å²) >= 11 is 0. The van der Waals surface area contributed by atoms with Gasteiger partial charge in [0.2, 0.25) is 0 Å². The molecule has 1 aromatic rings. The van der Waals surface area contributed by atoms with E-state index in [0.29, 0.717) is 6.07 Å². The van der Waals surface area contributed by atoms with Crippen LogP contribution in [0.15, 0.2) is 23.1 Å². The molecular weight excluding hydrogens is 207 g/mol. The number of halogens is 2. The van der Waals surface area contributed by atoms with E-state index in [1.165, 1.54) is 0 Å². The van der Waals surface area contributed by atoms with Crippen molar-refractivity contribution in [3.63, 3.8) is 0 Å². The van der Waals surface area contributed by atoms with Gasteiger partial charge in [0.25, 0.3) is 9.05 Å². The van der Waals surface area contributed by atoms with Gasteiger partial charge in [-0.05, 0) is 12.1 Å². The van der Waals surface area contributed by atoms with Gasteiger partial charge in [0.1, 0.15) is 16.5 Å². The van der Waals surface area contributed by atoms with Crippen molar-refractivity contribution in [2.45, 2.75) is 4.90 Å². The zero-order valence-corrected chi connectivity index (χ0v) is 7.23. The van der Waals surface area contributed by atoms with Crippen LogP contribution in [0.3, 0.4) is 0 Å². The van der Waals surface area contributed by atoms with E-state index in [1.807, 2.05) is 0 Å². The van der Waals surface area contributed by atoms with Crippen LogP contribution in [-0.4, -0.2) is 13.5 Å². The van der Waals surface area contributed by atoms with Crippen molar-refractivity contribution in [1.29, 1.82) is 0 Å². The van der Waals surface area contributed by atoms with Gasteiger partial charge in [0.15, 0.2) is 0 Å². The standard InChI is InChI=1S/C6H4ClFO3S/c7-12(10,11)6-2-1-4(9)3-5(6)8/h1-3,9H. The first-order valence-corrected chi connectivity index (χ1v) is 5.15. The maximum Gasteiger partial charge on any atom is 0.264 e. The molecule has 0 aliphatic carbocycles. The summed E-state index contributed by atoms with van der Waals surface area (Å²) in [4.78, 5) is -0.637. The van der Waals surface area contributed by atoms with Crippen LogP contribution in [0.4, 0.5) is 4.39 Å². The normalized spacial score (nSPS) is 11.5. The Bertz CT molecular complexity index is 401. The molecule has 0 aromatic heterocycles. The summed E-state index contributed by atoms with van der Waals surface area (Å²) < 4.78 is 33.9. The maximum absolute atomic E-state index is 12.7. The zero-order valence-electron chi connectivity index (χ0n) is 5.66. The van der Waals surface area contributed by atoms with Gasteiger partial charge in [-0.1, -0.05) is 0 Å². The average molecular weight is 211 g/mol. The highest BCUT2D eigenvalue weighted by atomic mass is 35.7. The molecule has 0 unspecified atom stereocenters. The Morgan fingerprint density at radius 2 is 2.00 bits per heavy atom. The molecule has 1 aromatic carbocycles. The molecule has 0 aliphatic heterocycles. The van der Waals surface area contributed by atoms with E-state index in [2.05, 4.69) is 0 Å². The van der Waals surface area contributed by atoms with Crippen LogP contribution >= 0.6 is 10.7 Å². The molecule has 66 valence electrons. The van der Waals surface area contributed by atoms with E-state index in [0.717, 1.165) is 12.1 Å². The molecule has 0 saturated carbocycles. The number of hydrogen-bond donors (Lipinski definition) is 1. The van der Waals surface area contributed by atoms with Crippen LogP contribution in [0.1, 0.15) is 0 Å². The van der Waals surface area contributed by atoms with Crippen LogP contribution in [-0.2, 0) is 9.05 Å². The highest BCUT2D eigenvalue weighted by Gasteiger charge is 2.15. The summed E-state index contributed by atoms with van der Waals surface area (Å²) in [5.74, 6) is -1.42. The zero-order chi connectivity index (χ0) is 9.35. The molecule has 0 aliphatic rings. The fourth-order valence-electron chi connectivity index (χ4n) is 0.687. The lowest BCUT2D eigenvalue weighted by Crippen LogP contribution is -1.94. The molecule has 0 fully saturated rings. The average Bonchev–Trinajstić information content (AvgIpc) is 1.83. The number of benzene rings is 1. The van der Waals surface area contributed by atoms with Crippen molar-refractivity contribution < 1.29 is 17.9 Å². The molecule has 0 spiro atoms. The van der Waals surface area contributed by atoms with E-state index < -0.39 is 19.8 Å². The van der Waals surface area contributed by atoms with Gasteiger partial charge in [-0.2, -0.15) is 0 Å². The minimum Gasteiger partial charge on any atom is -0.508 e.